The Morgan fingerprint density at radius 2 is 2.18 bits per heavy atom. The summed E-state index contributed by atoms with van der Waals surface area (Å²) in [5.41, 5.74) is 0. The van der Waals surface area contributed by atoms with Crippen LogP contribution < -0.4 is 5.32 Å². The number of nitrogens with zero attached hydrogens (tertiary/aromatic N) is 1. The molecule has 3 heteroatoms. The van der Waals surface area contributed by atoms with Crippen molar-refractivity contribution in [3.63, 3.8) is 0 Å². The second-order valence-electron chi connectivity index (χ2n) is 5.46. The Hall–Kier alpha value is -0.120. The molecule has 100 valence electrons. The molecular formula is C14H28N2O. The maximum Gasteiger partial charge on any atom is 0.0702 e. The minimum Gasteiger partial charge on any atom is -0.377 e. The van der Waals surface area contributed by atoms with E-state index >= 15 is 0 Å². The molecule has 0 aromatic heterocycles. The highest BCUT2D eigenvalue weighted by molar-refractivity contribution is 4.77. The van der Waals surface area contributed by atoms with Crippen molar-refractivity contribution in [2.75, 3.05) is 32.8 Å². The van der Waals surface area contributed by atoms with E-state index in [9.17, 15) is 0 Å². The maximum absolute atomic E-state index is 5.75. The molecule has 0 amide bonds. The number of ether oxygens (including phenoxy) is 1. The standard InChI is InChI=1S/C14H28N2O/c1-2-17-14-7-5-10-16(12-14)11-8-13-6-3-4-9-15-13/h13-15H,2-12H2,1H3. The summed E-state index contributed by atoms with van der Waals surface area (Å²) in [6.07, 6.45) is 8.54. The van der Waals surface area contributed by atoms with E-state index in [0.29, 0.717) is 6.10 Å². The molecule has 0 aromatic carbocycles. The van der Waals surface area contributed by atoms with Gasteiger partial charge in [0, 0.05) is 19.2 Å². The smallest absolute Gasteiger partial charge is 0.0702 e. The molecule has 0 spiro atoms. The highest BCUT2D eigenvalue weighted by Gasteiger charge is 2.21. The lowest BCUT2D eigenvalue weighted by atomic mass is 10.0. The Morgan fingerprint density at radius 3 is 2.94 bits per heavy atom. The lowest BCUT2D eigenvalue weighted by Crippen LogP contribution is -2.43. The van der Waals surface area contributed by atoms with Crippen molar-refractivity contribution in [1.82, 2.24) is 10.2 Å². The molecule has 2 fully saturated rings. The van der Waals surface area contributed by atoms with Crippen LogP contribution in [0.5, 0.6) is 0 Å². The molecule has 2 saturated heterocycles. The summed E-state index contributed by atoms with van der Waals surface area (Å²) in [5, 5.41) is 3.64. The van der Waals surface area contributed by atoms with Gasteiger partial charge in [-0.2, -0.15) is 0 Å². The zero-order chi connectivity index (χ0) is 11.9. The first-order valence-electron chi connectivity index (χ1n) is 7.46. The van der Waals surface area contributed by atoms with E-state index in [-0.39, 0.29) is 0 Å². The number of rotatable bonds is 5. The fraction of sp³-hybridized carbons (Fsp3) is 1.00. The van der Waals surface area contributed by atoms with Crippen molar-refractivity contribution in [3.8, 4) is 0 Å². The Kier molecular flexibility index (Phi) is 5.75. The summed E-state index contributed by atoms with van der Waals surface area (Å²) in [4.78, 5) is 2.60. The summed E-state index contributed by atoms with van der Waals surface area (Å²) in [7, 11) is 0. The molecule has 0 saturated carbocycles. The third-order valence-electron chi connectivity index (χ3n) is 4.07. The molecule has 2 rings (SSSR count). The molecule has 1 N–H and O–H groups in total. The SMILES string of the molecule is CCOC1CCCN(CCC2CCCCN2)C1. The van der Waals surface area contributed by atoms with E-state index in [0.717, 1.165) is 19.2 Å². The van der Waals surface area contributed by atoms with E-state index in [1.165, 1.54) is 58.2 Å². The van der Waals surface area contributed by atoms with Crippen LogP contribution in [0.25, 0.3) is 0 Å². The van der Waals surface area contributed by atoms with Gasteiger partial charge in [0.25, 0.3) is 0 Å². The highest BCUT2D eigenvalue weighted by Crippen LogP contribution is 2.15. The summed E-state index contributed by atoms with van der Waals surface area (Å²) >= 11 is 0. The van der Waals surface area contributed by atoms with Gasteiger partial charge in [-0.1, -0.05) is 6.42 Å². The molecule has 0 aliphatic carbocycles. The van der Waals surface area contributed by atoms with Crippen LogP contribution in [0.15, 0.2) is 0 Å². The predicted molar refractivity (Wildman–Crippen MR) is 71.3 cm³/mol. The maximum atomic E-state index is 5.75. The summed E-state index contributed by atoms with van der Waals surface area (Å²) in [6, 6.07) is 0.774. The monoisotopic (exact) mass is 240 g/mol. The van der Waals surface area contributed by atoms with E-state index in [2.05, 4.69) is 17.1 Å². The van der Waals surface area contributed by atoms with Gasteiger partial charge in [-0.05, 0) is 58.7 Å². The van der Waals surface area contributed by atoms with Crippen LogP contribution in [-0.2, 0) is 4.74 Å². The number of hydrogen-bond donors (Lipinski definition) is 1. The van der Waals surface area contributed by atoms with Gasteiger partial charge < -0.3 is 15.0 Å². The first kappa shape index (κ1) is 13.3. The Bertz CT molecular complexity index is 202. The topological polar surface area (TPSA) is 24.5 Å². The molecule has 17 heavy (non-hydrogen) atoms. The van der Waals surface area contributed by atoms with Crippen LogP contribution in [0.3, 0.4) is 0 Å². The fourth-order valence-corrected chi connectivity index (χ4v) is 3.10. The molecule has 2 aliphatic heterocycles. The molecule has 0 bridgehead atoms. The Morgan fingerprint density at radius 1 is 1.24 bits per heavy atom. The van der Waals surface area contributed by atoms with Crippen LogP contribution >= 0.6 is 0 Å². The van der Waals surface area contributed by atoms with Crippen molar-refractivity contribution in [2.24, 2.45) is 0 Å². The summed E-state index contributed by atoms with van der Waals surface area (Å²) in [5.74, 6) is 0. The first-order valence-corrected chi connectivity index (χ1v) is 7.46. The van der Waals surface area contributed by atoms with Crippen molar-refractivity contribution in [2.45, 2.75) is 57.6 Å². The number of nitrogens with one attached hydrogen (secondary N) is 1. The quantitative estimate of drug-likeness (QED) is 0.795. The fourth-order valence-electron chi connectivity index (χ4n) is 3.10. The lowest BCUT2D eigenvalue weighted by molar-refractivity contribution is 0.00487. The van der Waals surface area contributed by atoms with Crippen LogP contribution in [0.1, 0.15) is 45.4 Å². The zero-order valence-corrected chi connectivity index (χ0v) is 11.3. The van der Waals surface area contributed by atoms with E-state index < -0.39 is 0 Å². The van der Waals surface area contributed by atoms with Crippen molar-refractivity contribution in [3.05, 3.63) is 0 Å². The molecule has 0 aromatic rings. The Labute approximate surface area is 106 Å². The van der Waals surface area contributed by atoms with Crippen molar-refractivity contribution >= 4 is 0 Å². The Balaban J connectivity index is 1.64. The van der Waals surface area contributed by atoms with Gasteiger partial charge in [0.05, 0.1) is 6.10 Å². The van der Waals surface area contributed by atoms with Gasteiger partial charge in [0.15, 0.2) is 0 Å². The van der Waals surface area contributed by atoms with Crippen LogP contribution in [0.4, 0.5) is 0 Å². The predicted octanol–water partition coefficient (Wildman–Crippen LogP) is 2.02. The van der Waals surface area contributed by atoms with E-state index in [1.807, 2.05) is 0 Å². The average Bonchev–Trinajstić information content (AvgIpc) is 2.39. The van der Waals surface area contributed by atoms with Gasteiger partial charge in [-0.25, -0.2) is 0 Å². The van der Waals surface area contributed by atoms with Crippen LogP contribution in [-0.4, -0.2) is 49.8 Å². The number of piperidine rings is 2. The minimum absolute atomic E-state index is 0.494. The molecule has 2 heterocycles. The minimum atomic E-state index is 0.494. The third kappa shape index (κ3) is 4.57. The lowest BCUT2D eigenvalue weighted by Gasteiger charge is -2.34. The second-order valence-corrected chi connectivity index (χ2v) is 5.46. The molecule has 2 unspecified atom stereocenters. The zero-order valence-electron chi connectivity index (χ0n) is 11.3. The highest BCUT2D eigenvalue weighted by atomic mass is 16.5. The normalized spacial score (nSPS) is 31.6. The van der Waals surface area contributed by atoms with Crippen LogP contribution in [0, 0.1) is 0 Å². The van der Waals surface area contributed by atoms with Gasteiger partial charge >= 0.3 is 0 Å². The molecule has 3 nitrogen and oxygen atoms in total. The van der Waals surface area contributed by atoms with Crippen molar-refractivity contribution in [1.29, 1.82) is 0 Å². The van der Waals surface area contributed by atoms with E-state index in [1.54, 1.807) is 0 Å². The molecular weight excluding hydrogens is 212 g/mol. The third-order valence-corrected chi connectivity index (χ3v) is 4.07. The second kappa shape index (κ2) is 7.34. The summed E-state index contributed by atoms with van der Waals surface area (Å²) in [6.45, 7) is 7.87. The molecule has 0 radical (unpaired) electrons. The number of hydrogen-bond acceptors (Lipinski definition) is 3. The van der Waals surface area contributed by atoms with Gasteiger partial charge in [-0.3, -0.25) is 0 Å². The van der Waals surface area contributed by atoms with Crippen LogP contribution in [0.2, 0.25) is 0 Å². The van der Waals surface area contributed by atoms with Gasteiger partial charge in [-0.15, -0.1) is 0 Å². The first-order chi connectivity index (χ1) is 8.38. The largest absolute Gasteiger partial charge is 0.377 e. The van der Waals surface area contributed by atoms with Crippen molar-refractivity contribution < 1.29 is 4.74 Å². The molecule has 2 atom stereocenters. The van der Waals surface area contributed by atoms with E-state index in [4.69, 9.17) is 4.74 Å². The summed E-state index contributed by atoms with van der Waals surface area (Å²) < 4.78 is 5.75. The number of likely N-dealkylation sites (tertiary alicyclic amines) is 1. The molecule has 2 aliphatic rings. The van der Waals surface area contributed by atoms with Gasteiger partial charge in [0.1, 0.15) is 0 Å². The average molecular weight is 240 g/mol. The van der Waals surface area contributed by atoms with Gasteiger partial charge in [0.2, 0.25) is 0 Å².